The quantitative estimate of drug-likeness (QED) is 0.886. The molecule has 0 bridgehead atoms. The summed E-state index contributed by atoms with van der Waals surface area (Å²) < 4.78 is 2.00. The van der Waals surface area contributed by atoms with Crippen LogP contribution in [0, 0.1) is 0 Å². The normalized spacial score (nSPS) is 12.4. The van der Waals surface area contributed by atoms with Gasteiger partial charge in [-0.2, -0.15) is 0 Å². The van der Waals surface area contributed by atoms with Crippen LogP contribution in [0.15, 0.2) is 30.7 Å². The third-order valence-corrected chi connectivity index (χ3v) is 2.97. The van der Waals surface area contributed by atoms with Gasteiger partial charge in [0.2, 0.25) is 0 Å². The summed E-state index contributed by atoms with van der Waals surface area (Å²) in [5.74, 6) is 1.91. The van der Waals surface area contributed by atoms with Crippen LogP contribution in [-0.4, -0.2) is 21.6 Å². The number of hydrogen-bond acceptors (Lipinski definition) is 4. The van der Waals surface area contributed by atoms with Gasteiger partial charge in [0.25, 0.3) is 0 Å². The third-order valence-electron chi connectivity index (χ3n) is 2.97. The Hall–Kier alpha value is -1.88. The maximum atomic E-state index is 5.97. The molecule has 1 unspecified atom stereocenters. The minimum Gasteiger partial charge on any atom is -0.352 e. The number of rotatable bonds is 4. The molecule has 0 aliphatic rings. The second-order valence-electron chi connectivity index (χ2n) is 4.52. The van der Waals surface area contributed by atoms with E-state index in [1.54, 1.807) is 12.4 Å². The predicted octanol–water partition coefficient (Wildman–Crippen LogP) is 1.47. The maximum absolute atomic E-state index is 5.97. The van der Waals surface area contributed by atoms with Crippen molar-refractivity contribution in [3.05, 3.63) is 42.1 Å². The Labute approximate surface area is 107 Å². The average Bonchev–Trinajstić information content (AvgIpc) is 2.75. The van der Waals surface area contributed by atoms with Gasteiger partial charge >= 0.3 is 0 Å². The van der Waals surface area contributed by atoms with E-state index in [9.17, 15) is 0 Å². The first-order valence-electron chi connectivity index (χ1n) is 5.97. The highest BCUT2D eigenvalue weighted by Gasteiger charge is 2.13. The zero-order valence-electron chi connectivity index (χ0n) is 11.0. The van der Waals surface area contributed by atoms with Crippen LogP contribution in [-0.2, 0) is 13.6 Å². The molecule has 2 rings (SSSR count). The van der Waals surface area contributed by atoms with Gasteiger partial charge in [0.15, 0.2) is 0 Å². The fraction of sp³-hybridized carbons (Fsp3) is 0.385. The van der Waals surface area contributed by atoms with Crippen LogP contribution in [0.25, 0.3) is 0 Å². The smallest absolute Gasteiger partial charge is 0.133 e. The van der Waals surface area contributed by atoms with E-state index in [-0.39, 0.29) is 6.04 Å². The van der Waals surface area contributed by atoms with E-state index in [0.29, 0.717) is 6.54 Å². The Morgan fingerprint density at radius 2 is 2.17 bits per heavy atom. The molecule has 2 N–H and O–H groups in total. The van der Waals surface area contributed by atoms with Crippen molar-refractivity contribution in [1.29, 1.82) is 0 Å². The highest BCUT2D eigenvalue weighted by molar-refractivity contribution is 5.47. The molecule has 0 aliphatic carbocycles. The van der Waals surface area contributed by atoms with Gasteiger partial charge in [-0.05, 0) is 13.0 Å². The molecule has 2 aromatic heterocycles. The van der Waals surface area contributed by atoms with Gasteiger partial charge in [-0.25, -0.2) is 9.97 Å². The van der Waals surface area contributed by atoms with Gasteiger partial charge in [-0.1, -0.05) is 6.07 Å². The predicted molar refractivity (Wildman–Crippen MR) is 72.2 cm³/mol. The molecule has 0 amide bonds. The second-order valence-corrected chi connectivity index (χ2v) is 4.52. The Morgan fingerprint density at radius 1 is 1.39 bits per heavy atom. The van der Waals surface area contributed by atoms with Gasteiger partial charge < -0.3 is 15.2 Å². The van der Waals surface area contributed by atoms with Crippen molar-refractivity contribution in [1.82, 2.24) is 14.5 Å². The lowest BCUT2D eigenvalue weighted by Crippen LogP contribution is -2.23. The van der Waals surface area contributed by atoms with E-state index >= 15 is 0 Å². The van der Waals surface area contributed by atoms with Gasteiger partial charge in [0.05, 0.1) is 6.54 Å². The Morgan fingerprint density at radius 3 is 2.78 bits per heavy atom. The van der Waals surface area contributed by atoms with Gasteiger partial charge in [0.1, 0.15) is 11.6 Å². The molecule has 0 fully saturated rings. The third kappa shape index (κ3) is 2.51. The van der Waals surface area contributed by atoms with Crippen molar-refractivity contribution >= 4 is 5.82 Å². The molecule has 0 saturated heterocycles. The molecule has 2 aromatic rings. The summed E-state index contributed by atoms with van der Waals surface area (Å²) in [6.07, 6.45) is 5.53. The van der Waals surface area contributed by atoms with Crippen LogP contribution in [0.1, 0.15) is 24.4 Å². The van der Waals surface area contributed by atoms with Crippen LogP contribution < -0.4 is 10.6 Å². The number of aryl methyl sites for hydroxylation is 1. The monoisotopic (exact) mass is 245 g/mol. The zero-order valence-corrected chi connectivity index (χ0v) is 11.0. The molecular formula is C13H19N5. The largest absolute Gasteiger partial charge is 0.352 e. The fourth-order valence-corrected chi connectivity index (χ4v) is 1.92. The van der Waals surface area contributed by atoms with Crippen molar-refractivity contribution in [3.63, 3.8) is 0 Å². The number of pyridine rings is 1. The number of aromatic nitrogens is 3. The number of hydrogen-bond donors (Lipinski definition) is 1. The molecule has 18 heavy (non-hydrogen) atoms. The lowest BCUT2D eigenvalue weighted by molar-refractivity contribution is 0.739. The highest BCUT2D eigenvalue weighted by atomic mass is 15.2. The summed E-state index contributed by atoms with van der Waals surface area (Å²) in [6.45, 7) is 2.68. The van der Waals surface area contributed by atoms with E-state index in [1.807, 2.05) is 43.9 Å². The van der Waals surface area contributed by atoms with Crippen LogP contribution >= 0.6 is 0 Å². The summed E-state index contributed by atoms with van der Waals surface area (Å²) in [5, 5.41) is 0. The Bertz CT molecular complexity index is 518. The number of nitrogens with two attached hydrogens (primary N) is 1. The molecule has 0 saturated carbocycles. The van der Waals surface area contributed by atoms with E-state index in [2.05, 4.69) is 14.9 Å². The first-order chi connectivity index (χ1) is 8.59. The summed E-state index contributed by atoms with van der Waals surface area (Å²) in [5.41, 5.74) is 7.02. The molecule has 0 spiro atoms. The van der Waals surface area contributed by atoms with Crippen molar-refractivity contribution < 1.29 is 0 Å². The van der Waals surface area contributed by atoms with Crippen molar-refractivity contribution in [2.75, 3.05) is 11.9 Å². The molecule has 0 aliphatic heterocycles. The van der Waals surface area contributed by atoms with Crippen molar-refractivity contribution in [3.8, 4) is 0 Å². The van der Waals surface area contributed by atoms with Crippen LogP contribution in [0.5, 0.6) is 0 Å². The van der Waals surface area contributed by atoms with Crippen LogP contribution in [0.2, 0.25) is 0 Å². The Kier molecular flexibility index (Phi) is 3.62. The van der Waals surface area contributed by atoms with Gasteiger partial charge in [-0.15, -0.1) is 0 Å². The van der Waals surface area contributed by atoms with E-state index in [0.717, 1.165) is 17.2 Å². The molecule has 2 heterocycles. The molecule has 0 aromatic carbocycles. The minimum absolute atomic E-state index is 0.0301. The molecule has 5 heteroatoms. The number of nitrogens with zero attached hydrogens (tertiary/aromatic N) is 4. The average molecular weight is 245 g/mol. The lowest BCUT2D eigenvalue weighted by Gasteiger charge is -2.22. The van der Waals surface area contributed by atoms with Crippen molar-refractivity contribution in [2.24, 2.45) is 12.8 Å². The van der Waals surface area contributed by atoms with E-state index < -0.39 is 0 Å². The van der Waals surface area contributed by atoms with E-state index in [4.69, 9.17) is 5.73 Å². The van der Waals surface area contributed by atoms with Crippen LogP contribution in [0.4, 0.5) is 5.82 Å². The number of imidazole rings is 1. The molecule has 96 valence electrons. The maximum Gasteiger partial charge on any atom is 0.133 e. The van der Waals surface area contributed by atoms with Gasteiger partial charge in [0, 0.05) is 44.3 Å². The van der Waals surface area contributed by atoms with Crippen LogP contribution in [0.3, 0.4) is 0 Å². The summed E-state index contributed by atoms with van der Waals surface area (Å²) in [4.78, 5) is 10.8. The Balaban J connectivity index is 2.24. The zero-order chi connectivity index (χ0) is 13.1. The lowest BCUT2D eigenvalue weighted by atomic mass is 10.1. The number of anilines is 1. The second kappa shape index (κ2) is 5.18. The first kappa shape index (κ1) is 12.6. The highest BCUT2D eigenvalue weighted by Crippen LogP contribution is 2.22. The van der Waals surface area contributed by atoms with Crippen molar-refractivity contribution in [2.45, 2.75) is 19.5 Å². The van der Waals surface area contributed by atoms with E-state index in [1.165, 1.54) is 0 Å². The summed E-state index contributed by atoms with van der Waals surface area (Å²) >= 11 is 0. The molecular weight excluding hydrogens is 226 g/mol. The minimum atomic E-state index is -0.0301. The molecule has 0 radical (unpaired) electrons. The topological polar surface area (TPSA) is 60.0 Å². The molecule has 5 nitrogen and oxygen atoms in total. The standard InChI is InChI=1S/C13H19N5/c1-10(14)11-5-4-6-16-13(11)18(3)9-12-15-7-8-17(12)2/h4-8,10H,9,14H2,1-3H3. The van der Waals surface area contributed by atoms with Gasteiger partial charge in [-0.3, -0.25) is 0 Å². The summed E-state index contributed by atoms with van der Waals surface area (Å²) in [7, 11) is 3.99. The molecule has 1 atom stereocenters. The SMILES string of the molecule is CC(N)c1cccnc1N(C)Cc1nccn1C. The first-order valence-corrected chi connectivity index (χ1v) is 5.97. The fourth-order valence-electron chi connectivity index (χ4n) is 1.92. The summed E-state index contributed by atoms with van der Waals surface area (Å²) in [6, 6.07) is 3.90.